The van der Waals surface area contributed by atoms with Crippen molar-refractivity contribution in [3.8, 4) is 0 Å². The van der Waals surface area contributed by atoms with Crippen molar-refractivity contribution in [1.82, 2.24) is 10.4 Å². The Bertz CT molecular complexity index is 663. The van der Waals surface area contributed by atoms with Crippen LogP contribution in [-0.2, 0) is 9.47 Å². The maximum atomic E-state index is 12.4. The number of nitrogens with one attached hydrogen (secondary N) is 1. The predicted octanol–water partition coefficient (Wildman–Crippen LogP) is 3.17. The molecule has 0 fully saturated rings. The van der Waals surface area contributed by atoms with Gasteiger partial charge in [-0.15, -0.1) is 0 Å². The number of carbonyl (C=O) groups excluding carboxylic acids is 2. The van der Waals surface area contributed by atoms with Gasteiger partial charge >= 0.3 is 12.2 Å². The maximum Gasteiger partial charge on any atom is 0.435 e. The van der Waals surface area contributed by atoms with Gasteiger partial charge < -0.3 is 9.47 Å². The van der Waals surface area contributed by atoms with Gasteiger partial charge in [0, 0.05) is 12.3 Å². The Morgan fingerprint density at radius 3 is 2.20 bits per heavy atom. The smallest absolute Gasteiger partial charge is 0.435 e. The van der Waals surface area contributed by atoms with Crippen LogP contribution in [-0.4, -0.2) is 33.3 Å². The van der Waals surface area contributed by atoms with Crippen molar-refractivity contribution in [1.29, 1.82) is 0 Å². The zero-order valence-electron chi connectivity index (χ0n) is 15.0. The molecular weight excluding hydrogens is 332 g/mol. The molecule has 1 N–H and O–H groups in total. The molecule has 0 bridgehead atoms. The Kier molecular flexibility index (Phi) is 5.90. The van der Waals surface area contributed by atoms with Gasteiger partial charge in [-0.2, -0.15) is 5.01 Å². The highest BCUT2D eigenvalue weighted by atomic mass is 16.6. The molecule has 25 heavy (non-hydrogen) atoms. The van der Waals surface area contributed by atoms with E-state index in [0.717, 1.165) is 18.3 Å². The number of rotatable bonds is 2. The van der Waals surface area contributed by atoms with E-state index >= 15 is 0 Å². The molecule has 0 radical (unpaired) electrons. The summed E-state index contributed by atoms with van der Waals surface area (Å²) >= 11 is 0. The number of pyridine rings is 1. The first kappa shape index (κ1) is 20.1. The summed E-state index contributed by atoms with van der Waals surface area (Å²) in [5.41, 5.74) is 0.228. The third-order valence-electron chi connectivity index (χ3n) is 2.35. The van der Waals surface area contributed by atoms with Gasteiger partial charge in [0.05, 0.1) is 11.0 Å². The number of hydrogen-bond acceptors (Lipinski definition) is 7. The van der Waals surface area contributed by atoms with Crippen molar-refractivity contribution < 1.29 is 24.0 Å². The molecular formula is C15H22N4O6. The number of aromatic nitrogens is 1. The SMILES string of the molecule is CC(C)(C)OC(=O)NN(C(=O)OC(C)(C)C)c1cc([N+](=O)[O-])ccn1. The number of carbonyl (C=O) groups is 2. The van der Waals surface area contributed by atoms with Crippen molar-refractivity contribution >= 4 is 23.7 Å². The fourth-order valence-corrected chi connectivity index (χ4v) is 1.54. The highest BCUT2D eigenvalue weighted by molar-refractivity contribution is 5.90. The second-order valence-corrected chi connectivity index (χ2v) is 7.06. The molecule has 0 aliphatic carbocycles. The zero-order chi connectivity index (χ0) is 19.4. The van der Waals surface area contributed by atoms with Gasteiger partial charge in [-0.1, -0.05) is 0 Å². The predicted molar refractivity (Wildman–Crippen MR) is 89.0 cm³/mol. The number of nitrogens with zero attached hydrogens (tertiary/aromatic N) is 3. The molecule has 0 unspecified atom stereocenters. The molecule has 10 heteroatoms. The number of nitro groups is 1. The van der Waals surface area contributed by atoms with Gasteiger partial charge in [0.2, 0.25) is 0 Å². The van der Waals surface area contributed by atoms with Crippen LogP contribution in [0.5, 0.6) is 0 Å². The van der Waals surface area contributed by atoms with E-state index in [1.165, 1.54) is 0 Å². The van der Waals surface area contributed by atoms with Gasteiger partial charge in [-0.05, 0) is 41.5 Å². The lowest BCUT2D eigenvalue weighted by Crippen LogP contribution is -2.50. The number of anilines is 1. The van der Waals surface area contributed by atoms with Crippen LogP contribution in [0.1, 0.15) is 41.5 Å². The van der Waals surface area contributed by atoms with Crippen molar-refractivity contribution in [2.24, 2.45) is 0 Å². The van der Waals surface area contributed by atoms with Crippen LogP contribution in [0.3, 0.4) is 0 Å². The van der Waals surface area contributed by atoms with Crippen LogP contribution < -0.4 is 10.4 Å². The summed E-state index contributed by atoms with van der Waals surface area (Å²) in [7, 11) is 0. The van der Waals surface area contributed by atoms with Gasteiger partial charge in [0.15, 0.2) is 5.82 Å². The van der Waals surface area contributed by atoms with Gasteiger partial charge in [-0.3, -0.25) is 10.1 Å². The lowest BCUT2D eigenvalue weighted by atomic mass is 10.2. The summed E-state index contributed by atoms with van der Waals surface area (Å²) < 4.78 is 10.3. The largest absolute Gasteiger partial charge is 0.443 e. The molecule has 0 aliphatic heterocycles. The van der Waals surface area contributed by atoms with E-state index in [0.29, 0.717) is 5.01 Å². The van der Waals surface area contributed by atoms with Crippen molar-refractivity contribution in [3.63, 3.8) is 0 Å². The third kappa shape index (κ3) is 7.02. The lowest BCUT2D eigenvalue weighted by molar-refractivity contribution is -0.384. The topological polar surface area (TPSA) is 124 Å². The third-order valence-corrected chi connectivity index (χ3v) is 2.35. The van der Waals surface area contributed by atoms with Crippen LogP contribution >= 0.6 is 0 Å². The molecule has 1 aromatic rings. The summed E-state index contributed by atoms with van der Waals surface area (Å²) in [6.45, 7) is 9.86. The lowest BCUT2D eigenvalue weighted by Gasteiger charge is -2.28. The minimum atomic E-state index is -0.966. The van der Waals surface area contributed by atoms with Crippen LogP contribution in [0.2, 0.25) is 0 Å². The summed E-state index contributed by atoms with van der Waals surface area (Å²) in [6.07, 6.45) is -0.764. The maximum absolute atomic E-state index is 12.4. The van der Waals surface area contributed by atoms with E-state index < -0.39 is 28.3 Å². The van der Waals surface area contributed by atoms with Crippen molar-refractivity contribution in [2.45, 2.75) is 52.7 Å². The number of hydrazine groups is 1. The first-order chi connectivity index (χ1) is 11.3. The molecule has 0 aromatic carbocycles. The van der Waals surface area contributed by atoms with Crippen LogP contribution in [0.25, 0.3) is 0 Å². The second kappa shape index (κ2) is 7.32. The van der Waals surface area contributed by atoms with Crippen molar-refractivity contribution in [3.05, 3.63) is 28.4 Å². The summed E-state index contributed by atoms with van der Waals surface area (Å²) in [5, 5.41) is 11.6. The molecule has 0 atom stereocenters. The Hall–Kier alpha value is -2.91. The monoisotopic (exact) mass is 354 g/mol. The van der Waals surface area contributed by atoms with Crippen LogP contribution in [0, 0.1) is 10.1 Å². The van der Waals surface area contributed by atoms with Gasteiger partial charge in [0.1, 0.15) is 11.2 Å². The van der Waals surface area contributed by atoms with Crippen LogP contribution in [0.15, 0.2) is 18.3 Å². The zero-order valence-corrected chi connectivity index (χ0v) is 15.0. The number of amides is 2. The Balaban J connectivity index is 3.15. The molecule has 0 aliphatic rings. The summed E-state index contributed by atoms with van der Waals surface area (Å²) in [5.74, 6) is -0.186. The van der Waals surface area contributed by atoms with E-state index in [9.17, 15) is 19.7 Å². The average Bonchev–Trinajstić information content (AvgIpc) is 2.41. The molecule has 0 spiro atoms. The number of hydrogen-bond donors (Lipinski definition) is 1. The first-order valence-corrected chi connectivity index (χ1v) is 7.42. The molecule has 1 rings (SSSR count). The standard InChI is InChI=1S/C15H22N4O6/c1-14(2,3)24-12(20)17-18(13(21)25-15(4,5)6)11-9-10(19(22)23)7-8-16-11/h7-9H,1-6H3,(H,17,20). The minimum absolute atomic E-state index is 0.186. The molecule has 2 amide bonds. The van der Waals surface area contributed by atoms with E-state index in [1.807, 2.05) is 0 Å². The normalized spacial score (nSPS) is 11.4. The quantitative estimate of drug-likeness (QED) is 0.639. The van der Waals surface area contributed by atoms with E-state index in [-0.39, 0.29) is 11.5 Å². The highest BCUT2D eigenvalue weighted by Crippen LogP contribution is 2.20. The summed E-state index contributed by atoms with van der Waals surface area (Å²) in [4.78, 5) is 38.5. The van der Waals surface area contributed by atoms with Gasteiger partial charge in [0.25, 0.3) is 5.69 Å². The summed E-state index contributed by atoms with van der Waals surface area (Å²) in [6, 6.07) is 2.19. The molecule has 138 valence electrons. The second-order valence-electron chi connectivity index (χ2n) is 7.06. The fourth-order valence-electron chi connectivity index (χ4n) is 1.54. The highest BCUT2D eigenvalue weighted by Gasteiger charge is 2.29. The van der Waals surface area contributed by atoms with Gasteiger partial charge in [-0.25, -0.2) is 20.0 Å². The Morgan fingerprint density at radius 1 is 1.16 bits per heavy atom. The molecule has 0 saturated carbocycles. The minimum Gasteiger partial charge on any atom is -0.443 e. The molecule has 1 heterocycles. The molecule has 1 aromatic heterocycles. The number of ether oxygens (including phenoxy) is 2. The van der Waals surface area contributed by atoms with E-state index in [1.54, 1.807) is 41.5 Å². The Labute approximate surface area is 145 Å². The van der Waals surface area contributed by atoms with E-state index in [2.05, 4.69) is 10.4 Å². The van der Waals surface area contributed by atoms with E-state index in [4.69, 9.17) is 9.47 Å². The first-order valence-electron chi connectivity index (χ1n) is 7.42. The molecule has 10 nitrogen and oxygen atoms in total. The average molecular weight is 354 g/mol. The van der Waals surface area contributed by atoms with Crippen LogP contribution in [0.4, 0.5) is 21.1 Å². The fraction of sp³-hybridized carbons (Fsp3) is 0.533. The Morgan fingerprint density at radius 2 is 1.72 bits per heavy atom. The van der Waals surface area contributed by atoms with Crippen molar-refractivity contribution in [2.75, 3.05) is 5.01 Å². The molecule has 0 saturated heterocycles.